The van der Waals surface area contributed by atoms with Crippen LogP contribution in [-0.2, 0) is 4.74 Å². The summed E-state index contributed by atoms with van der Waals surface area (Å²) in [5.74, 6) is 0.274. The average Bonchev–Trinajstić information content (AvgIpc) is 2.70. The lowest BCUT2D eigenvalue weighted by molar-refractivity contribution is 0.193. The Bertz CT molecular complexity index is 424. The van der Waals surface area contributed by atoms with E-state index in [-0.39, 0.29) is 17.0 Å². The van der Waals surface area contributed by atoms with Gasteiger partial charge in [-0.25, -0.2) is 0 Å². The molecular formula is C10H10N2O2. The van der Waals surface area contributed by atoms with Crippen LogP contribution in [0.3, 0.4) is 0 Å². The molecule has 0 spiro atoms. The van der Waals surface area contributed by atoms with Crippen molar-refractivity contribution in [1.29, 1.82) is 5.26 Å². The molecule has 1 unspecified atom stereocenters. The molecule has 1 aliphatic rings. The lowest BCUT2D eigenvalue weighted by atomic mass is 10.0. The second-order valence-corrected chi connectivity index (χ2v) is 3.33. The Hall–Kier alpha value is -1.60. The molecule has 1 fully saturated rings. The molecule has 1 saturated heterocycles. The van der Waals surface area contributed by atoms with Gasteiger partial charge in [0.1, 0.15) is 11.6 Å². The van der Waals surface area contributed by atoms with Gasteiger partial charge in [0.2, 0.25) is 0 Å². The first-order valence-electron chi connectivity index (χ1n) is 4.52. The Morgan fingerprint density at radius 1 is 1.57 bits per heavy atom. The Balaban J connectivity index is 2.33. The zero-order valence-electron chi connectivity index (χ0n) is 7.62. The third-order valence-corrected chi connectivity index (χ3v) is 2.42. The van der Waals surface area contributed by atoms with Gasteiger partial charge < -0.3 is 9.72 Å². The molecule has 2 rings (SSSR count). The van der Waals surface area contributed by atoms with Gasteiger partial charge in [-0.3, -0.25) is 4.79 Å². The molecule has 2 heterocycles. The quantitative estimate of drug-likeness (QED) is 0.710. The van der Waals surface area contributed by atoms with E-state index in [4.69, 9.17) is 10.00 Å². The number of pyridine rings is 1. The maximum atomic E-state index is 11.3. The molecule has 4 heteroatoms. The van der Waals surface area contributed by atoms with Gasteiger partial charge in [0.25, 0.3) is 5.56 Å². The van der Waals surface area contributed by atoms with Gasteiger partial charge in [-0.05, 0) is 18.6 Å². The van der Waals surface area contributed by atoms with Gasteiger partial charge >= 0.3 is 0 Å². The summed E-state index contributed by atoms with van der Waals surface area (Å²) in [4.78, 5) is 14.0. The van der Waals surface area contributed by atoms with Gasteiger partial charge in [-0.15, -0.1) is 0 Å². The van der Waals surface area contributed by atoms with Crippen LogP contribution in [0.25, 0.3) is 0 Å². The molecule has 0 amide bonds. The van der Waals surface area contributed by atoms with Crippen LogP contribution in [0.15, 0.2) is 16.9 Å². The van der Waals surface area contributed by atoms with E-state index in [1.54, 1.807) is 12.1 Å². The average molecular weight is 190 g/mol. The third kappa shape index (κ3) is 1.54. The molecule has 1 atom stereocenters. The van der Waals surface area contributed by atoms with Gasteiger partial charge in [0, 0.05) is 18.2 Å². The minimum atomic E-state index is -0.308. The van der Waals surface area contributed by atoms with Gasteiger partial charge in [-0.2, -0.15) is 5.26 Å². The van der Waals surface area contributed by atoms with Crippen molar-refractivity contribution in [2.45, 2.75) is 12.3 Å². The van der Waals surface area contributed by atoms with Crippen molar-refractivity contribution in [2.24, 2.45) is 0 Å². The molecule has 72 valence electrons. The first-order valence-corrected chi connectivity index (χ1v) is 4.52. The van der Waals surface area contributed by atoms with Crippen LogP contribution in [0.2, 0.25) is 0 Å². The third-order valence-electron chi connectivity index (χ3n) is 2.42. The molecule has 1 aliphatic heterocycles. The number of H-pyrrole nitrogens is 1. The molecule has 1 aromatic heterocycles. The van der Waals surface area contributed by atoms with Crippen molar-refractivity contribution in [2.75, 3.05) is 13.2 Å². The van der Waals surface area contributed by atoms with Crippen LogP contribution < -0.4 is 5.56 Å². The smallest absolute Gasteiger partial charge is 0.266 e. The SMILES string of the molecule is N#Cc1ccc(C2CCOC2)[nH]c1=O. The van der Waals surface area contributed by atoms with Crippen molar-refractivity contribution < 1.29 is 4.74 Å². The summed E-state index contributed by atoms with van der Waals surface area (Å²) < 4.78 is 5.22. The highest BCUT2D eigenvalue weighted by Gasteiger charge is 2.18. The minimum absolute atomic E-state index is 0.160. The van der Waals surface area contributed by atoms with Crippen LogP contribution in [0.4, 0.5) is 0 Å². The summed E-state index contributed by atoms with van der Waals surface area (Å²) in [7, 11) is 0. The predicted octanol–water partition coefficient (Wildman–Crippen LogP) is 0.750. The van der Waals surface area contributed by atoms with E-state index in [1.807, 2.05) is 6.07 Å². The maximum absolute atomic E-state index is 11.3. The largest absolute Gasteiger partial charge is 0.381 e. The monoisotopic (exact) mass is 190 g/mol. The second-order valence-electron chi connectivity index (χ2n) is 3.33. The Labute approximate surface area is 81.1 Å². The molecule has 14 heavy (non-hydrogen) atoms. The van der Waals surface area contributed by atoms with E-state index in [9.17, 15) is 4.79 Å². The van der Waals surface area contributed by atoms with E-state index in [2.05, 4.69) is 4.98 Å². The maximum Gasteiger partial charge on any atom is 0.266 e. The first kappa shape index (κ1) is 8.97. The lowest BCUT2D eigenvalue weighted by Crippen LogP contribution is -2.14. The van der Waals surface area contributed by atoms with Crippen molar-refractivity contribution >= 4 is 0 Å². The molecule has 0 radical (unpaired) electrons. The number of hydrogen-bond acceptors (Lipinski definition) is 3. The van der Waals surface area contributed by atoms with Crippen molar-refractivity contribution in [3.05, 3.63) is 33.7 Å². The van der Waals surface area contributed by atoms with E-state index >= 15 is 0 Å². The van der Waals surface area contributed by atoms with Gasteiger partial charge in [0.05, 0.1) is 6.61 Å². The van der Waals surface area contributed by atoms with Gasteiger partial charge in [0.15, 0.2) is 0 Å². The first-order chi connectivity index (χ1) is 6.81. The normalized spacial score (nSPS) is 20.6. The Morgan fingerprint density at radius 3 is 3.00 bits per heavy atom. The molecule has 1 aromatic rings. The fourth-order valence-corrected chi connectivity index (χ4v) is 1.59. The topological polar surface area (TPSA) is 65.9 Å². The zero-order chi connectivity index (χ0) is 9.97. The Kier molecular flexibility index (Phi) is 2.33. The summed E-state index contributed by atoms with van der Waals surface area (Å²) in [5.41, 5.74) is 0.719. The molecule has 0 saturated carbocycles. The molecule has 0 aromatic carbocycles. The van der Waals surface area contributed by atoms with Gasteiger partial charge in [-0.1, -0.05) is 0 Å². The summed E-state index contributed by atoms with van der Waals surface area (Å²) >= 11 is 0. The Morgan fingerprint density at radius 2 is 2.43 bits per heavy atom. The molecule has 0 bridgehead atoms. The lowest BCUT2D eigenvalue weighted by Gasteiger charge is -2.06. The standard InChI is InChI=1S/C10H10N2O2/c11-5-7-1-2-9(12-10(7)13)8-3-4-14-6-8/h1-2,8H,3-4,6H2,(H,12,13). The van der Waals surface area contributed by atoms with Crippen LogP contribution in [-0.4, -0.2) is 18.2 Å². The summed E-state index contributed by atoms with van der Waals surface area (Å²) in [6.45, 7) is 1.40. The minimum Gasteiger partial charge on any atom is -0.381 e. The van der Waals surface area contributed by atoms with Crippen molar-refractivity contribution in [3.63, 3.8) is 0 Å². The highest BCUT2D eigenvalue weighted by atomic mass is 16.5. The van der Waals surface area contributed by atoms with Crippen molar-refractivity contribution in [1.82, 2.24) is 4.98 Å². The van der Waals surface area contributed by atoms with Crippen LogP contribution in [0, 0.1) is 11.3 Å². The second kappa shape index (κ2) is 3.64. The van der Waals surface area contributed by atoms with Crippen LogP contribution in [0.1, 0.15) is 23.6 Å². The number of aromatic nitrogens is 1. The molecule has 1 N–H and O–H groups in total. The molecule has 0 aliphatic carbocycles. The predicted molar refractivity (Wildman–Crippen MR) is 50.0 cm³/mol. The van der Waals surface area contributed by atoms with E-state index in [1.165, 1.54) is 0 Å². The number of hydrogen-bond donors (Lipinski definition) is 1. The molecule has 4 nitrogen and oxygen atoms in total. The van der Waals surface area contributed by atoms with Crippen LogP contribution in [0.5, 0.6) is 0 Å². The number of rotatable bonds is 1. The van der Waals surface area contributed by atoms with E-state index in [0.717, 1.165) is 18.7 Å². The number of ether oxygens (including phenoxy) is 1. The number of aromatic amines is 1. The number of nitriles is 1. The molecular weight excluding hydrogens is 180 g/mol. The summed E-state index contributed by atoms with van der Waals surface area (Å²) in [5, 5.41) is 8.58. The van der Waals surface area contributed by atoms with Crippen molar-refractivity contribution in [3.8, 4) is 6.07 Å². The summed E-state index contributed by atoms with van der Waals surface area (Å²) in [6, 6.07) is 5.19. The summed E-state index contributed by atoms with van der Waals surface area (Å²) in [6.07, 6.45) is 0.932. The van der Waals surface area contributed by atoms with Crippen LogP contribution >= 0.6 is 0 Å². The highest BCUT2D eigenvalue weighted by molar-refractivity contribution is 5.27. The number of nitrogens with one attached hydrogen (secondary N) is 1. The number of nitrogens with zero attached hydrogens (tertiary/aromatic N) is 1. The van der Waals surface area contributed by atoms with E-state index in [0.29, 0.717) is 6.61 Å². The van der Waals surface area contributed by atoms with E-state index < -0.39 is 0 Å². The highest BCUT2D eigenvalue weighted by Crippen LogP contribution is 2.22. The fourth-order valence-electron chi connectivity index (χ4n) is 1.59. The fraction of sp³-hybridized carbons (Fsp3) is 0.400. The zero-order valence-corrected chi connectivity index (χ0v) is 7.62.